The fourth-order valence-corrected chi connectivity index (χ4v) is 1.76. The van der Waals surface area contributed by atoms with E-state index in [1.807, 2.05) is 0 Å². The Kier molecular flexibility index (Phi) is 4.96. The lowest BCUT2D eigenvalue weighted by Gasteiger charge is -2.23. The lowest BCUT2D eigenvalue weighted by Crippen LogP contribution is -2.30. The summed E-state index contributed by atoms with van der Waals surface area (Å²) in [6.45, 7) is 7.14. The molecule has 6 heteroatoms. The maximum absolute atomic E-state index is 13.5. The lowest BCUT2D eigenvalue weighted by atomic mass is 9.83. The maximum atomic E-state index is 13.5. The molecule has 0 spiro atoms. The molecule has 1 aromatic rings. The lowest BCUT2D eigenvalue weighted by molar-refractivity contribution is -0.387. The highest BCUT2D eigenvalue weighted by atomic mass is 19.1. The number of nitro benzene ring substituents is 1. The number of esters is 1. The first-order valence-corrected chi connectivity index (χ1v) is 6.07. The smallest absolute Gasteiger partial charge is 0.315 e. The van der Waals surface area contributed by atoms with Crippen LogP contribution < -0.4 is 0 Å². The SMILES string of the molecule is C=CC(C)(Cc1ccc([N+](=O)[O-])c(F)c1)C(=O)OCC. The largest absolute Gasteiger partial charge is 0.465 e. The summed E-state index contributed by atoms with van der Waals surface area (Å²) >= 11 is 0. The molecule has 1 rings (SSSR count). The summed E-state index contributed by atoms with van der Waals surface area (Å²) in [4.78, 5) is 21.6. The second kappa shape index (κ2) is 6.27. The molecule has 0 aliphatic rings. The van der Waals surface area contributed by atoms with E-state index in [0.29, 0.717) is 5.56 Å². The normalized spacial score (nSPS) is 13.3. The third-order valence-corrected chi connectivity index (χ3v) is 2.97. The van der Waals surface area contributed by atoms with E-state index in [0.717, 1.165) is 12.1 Å². The summed E-state index contributed by atoms with van der Waals surface area (Å²) in [5, 5.41) is 10.5. The molecule has 0 heterocycles. The summed E-state index contributed by atoms with van der Waals surface area (Å²) in [7, 11) is 0. The van der Waals surface area contributed by atoms with Gasteiger partial charge in [0.1, 0.15) is 0 Å². The van der Waals surface area contributed by atoms with E-state index < -0.39 is 27.8 Å². The van der Waals surface area contributed by atoms with Gasteiger partial charge < -0.3 is 4.74 Å². The minimum Gasteiger partial charge on any atom is -0.465 e. The van der Waals surface area contributed by atoms with E-state index in [1.165, 1.54) is 12.1 Å². The number of ether oxygens (including phenoxy) is 1. The third kappa shape index (κ3) is 3.40. The molecule has 1 unspecified atom stereocenters. The predicted octanol–water partition coefficient (Wildman–Crippen LogP) is 3.03. The molecular weight excluding hydrogens is 265 g/mol. The summed E-state index contributed by atoms with van der Waals surface area (Å²) in [5.74, 6) is -1.39. The van der Waals surface area contributed by atoms with E-state index in [4.69, 9.17) is 4.74 Å². The summed E-state index contributed by atoms with van der Waals surface area (Å²) in [6, 6.07) is 3.56. The van der Waals surface area contributed by atoms with Gasteiger partial charge in [-0.1, -0.05) is 12.1 Å². The van der Waals surface area contributed by atoms with Gasteiger partial charge >= 0.3 is 11.7 Å². The zero-order valence-corrected chi connectivity index (χ0v) is 11.4. The van der Waals surface area contributed by atoms with Gasteiger partial charge in [-0.25, -0.2) is 0 Å². The summed E-state index contributed by atoms with van der Waals surface area (Å²) in [5.41, 5.74) is -1.13. The van der Waals surface area contributed by atoms with Gasteiger partial charge in [-0.3, -0.25) is 14.9 Å². The number of carbonyl (C=O) groups is 1. The highest BCUT2D eigenvalue weighted by Crippen LogP contribution is 2.28. The second-order valence-electron chi connectivity index (χ2n) is 4.56. The maximum Gasteiger partial charge on any atom is 0.315 e. The Bertz CT molecular complexity index is 544. The van der Waals surface area contributed by atoms with Crippen LogP contribution in [0.3, 0.4) is 0 Å². The Morgan fingerprint density at radius 3 is 2.70 bits per heavy atom. The monoisotopic (exact) mass is 281 g/mol. The van der Waals surface area contributed by atoms with Crippen molar-refractivity contribution in [2.24, 2.45) is 5.41 Å². The number of nitro groups is 1. The highest BCUT2D eigenvalue weighted by molar-refractivity contribution is 5.79. The first kappa shape index (κ1) is 15.8. The number of rotatable bonds is 6. The van der Waals surface area contributed by atoms with Crippen molar-refractivity contribution in [3.05, 3.63) is 52.3 Å². The van der Waals surface area contributed by atoms with Crippen LogP contribution in [0.15, 0.2) is 30.9 Å². The van der Waals surface area contributed by atoms with Crippen LogP contribution in [-0.4, -0.2) is 17.5 Å². The van der Waals surface area contributed by atoms with Gasteiger partial charge in [0.05, 0.1) is 16.9 Å². The number of hydrogen-bond acceptors (Lipinski definition) is 4. The fourth-order valence-electron chi connectivity index (χ4n) is 1.76. The molecule has 5 nitrogen and oxygen atoms in total. The van der Waals surface area contributed by atoms with Crippen molar-refractivity contribution in [2.45, 2.75) is 20.3 Å². The molecule has 0 amide bonds. The van der Waals surface area contributed by atoms with Gasteiger partial charge in [0.25, 0.3) is 0 Å². The van der Waals surface area contributed by atoms with Crippen molar-refractivity contribution in [1.29, 1.82) is 0 Å². The molecule has 0 aliphatic heterocycles. The number of benzene rings is 1. The number of carbonyl (C=O) groups excluding carboxylic acids is 1. The summed E-state index contributed by atoms with van der Waals surface area (Å²) in [6.07, 6.45) is 1.59. The van der Waals surface area contributed by atoms with Crippen LogP contribution in [0.1, 0.15) is 19.4 Å². The number of hydrogen-bond donors (Lipinski definition) is 0. The van der Waals surface area contributed by atoms with Crippen LogP contribution in [0.25, 0.3) is 0 Å². The van der Waals surface area contributed by atoms with Crippen LogP contribution in [-0.2, 0) is 16.0 Å². The van der Waals surface area contributed by atoms with Crippen LogP contribution in [0.5, 0.6) is 0 Å². The first-order valence-electron chi connectivity index (χ1n) is 6.07. The van der Waals surface area contributed by atoms with Crippen molar-refractivity contribution in [2.75, 3.05) is 6.61 Å². The quantitative estimate of drug-likeness (QED) is 0.348. The molecule has 0 N–H and O–H groups in total. The Morgan fingerprint density at radius 1 is 1.60 bits per heavy atom. The van der Waals surface area contributed by atoms with E-state index in [1.54, 1.807) is 13.8 Å². The van der Waals surface area contributed by atoms with Gasteiger partial charge in [-0.2, -0.15) is 4.39 Å². The van der Waals surface area contributed by atoms with Crippen LogP contribution in [0.2, 0.25) is 0 Å². The van der Waals surface area contributed by atoms with Crippen molar-refractivity contribution in [3.8, 4) is 0 Å². The topological polar surface area (TPSA) is 69.4 Å². The first-order chi connectivity index (χ1) is 9.34. The predicted molar refractivity (Wildman–Crippen MR) is 71.7 cm³/mol. The van der Waals surface area contributed by atoms with Crippen molar-refractivity contribution in [3.63, 3.8) is 0 Å². The van der Waals surface area contributed by atoms with Crippen LogP contribution in [0, 0.1) is 21.3 Å². The molecule has 0 saturated carbocycles. The second-order valence-corrected chi connectivity index (χ2v) is 4.56. The van der Waals surface area contributed by atoms with E-state index in [9.17, 15) is 19.3 Å². The molecule has 0 saturated heterocycles. The molecule has 1 aromatic carbocycles. The van der Waals surface area contributed by atoms with Gasteiger partial charge in [-0.05, 0) is 31.9 Å². The number of halogens is 1. The fraction of sp³-hybridized carbons (Fsp3) is 0.357. The minimum absolute atomic E-state index is 0.157. The van der Waals surface area contributed by atoms with Gasteiger partial charge in [0.2, 0.25) is 5.82 Å². The highest BCUT2D eigenvalue weighted by Gasteiger charge is 2.32. The molecule has 0 radical (unpaired) electrons. The Morgan fingerprint density at radius 2 is 2.25 bits per heavy atom. The average Bonchev–Trinajstić information content (AvgIpc) is 2.38. The van der Waals surface area contributed by atoms with Crippen LogP contribution in [0.4, 0.5) is 10.1 Å². The molecule has 20 heavy (non-hydrogen) atoms. The molecule has 0 aromatic heterocycles. The molecule has 0 bridgehead atoms. The molecule has 0 aliphatic carbocycles. The Hall–Kier alpha value is -2.24. The van der Waals surface area contributed by atoms with Gasteiger partial charge in [-0.15, -0.1) is 6.58 Å². The Labute approximate surface area is 116 Å². The minimum atomic E-state index is -1.00. The number of nitrogens with zero attached hydrogens (tertiary/aromatic N) is 1. The standard InChI is InChI=1S/C14H16FNO4/c1-4-14(3,13(17)20-5-2)9-10-6-7-12(16(18)19)11(15)8-10/h4,6-8H,1,5,9H2,2-3H3. The van der Waals surface area contributed by atoms with E-state index in [-0.39, 0.29) is 13.0 Å². The molecule has 1 atom stereocenters. The van der Waals surface area contributed by atoms with Crippen molar-refractivity contribution >= 4 is 11.7 Å². The average molecular weight is 281 g/mol. The molecular formula is C14H16FNO4. The van der Waals surface area contributed by atoms with Crippen molar-refractivity contribution in [1.82, 2.24) is 0 Å². The molecule has 108 valence electrons. The van der Waals surface area contributed by atoms with Gasteiger partial charge in [0.15, 0.2) is 0 Å². The van der Waals surface area contributed by atoms with E-state index >= 15 is 0 Å². The van der Waals surface area contributed by atoms with Crippen LogP contribution >= 0.6 is 0 Å². The Balaban J connectivity index is 3.02. The third-order valence-electron chi connectivity index (χ3n) is 2.97. The zero-order chi connectivity index (χ0) is 15.3. The van der Waals surface area contributed by atoms with Gasteiger partial charge in [0, 0.05) is 6.07 Å². The summed E-state index contributed by atoms with van der Waals surface area (Å²) < 4.78 is 18.5. The molecule has 0 fully saturated rings. The zero-order valence-electron chi connectivity index (χ0n) is 11.4. The van der Waals surface area contributed by atoms with E-state index in [2.05, 4.69) is 6.58 Å². The van der Waals surface area contributed by atoms with Crippen molar-refractivity contribution < 1.29 is 18.8 Å².